The highest BCUT2D eigenvalue weighted by Crippen LogP contribution is 2.39. The monoisotopic (exact) mass is 394 g/mol. The third kappa shape index (κ3) is 5.77. The number of likely N-dealkylation sites (tertiary alicyclic amines) is 1. The van der Waals surface area contributed by atoms with E-state index in [2.05, 4.69) is 5.32 Å². The van der Waals surface area contributed by atoms with Crippen molar-refractivity contribution < 1.29 is 33.3 Å². The first kappa shape index (κ1) is 21.3. The van der Waals surface area contributed by atoms with E-state index in [1.165, 1.54) is 26.2 Å². The van der Waals surface area contributed by atoms with Gasteiger partial charge in [-0.2, -0.15) is 0 Å². The van der Waals surface area contributed by atoms with E-state index in [9.17, 15) is 14.4 Å². The first-order valence-electron chi connectivity index (χ1n) is 9.01. The van der Waals surface area contributed by atoms with Crippen LogP contribution in [0.5, 0.6) is 17.2 Å². The van der Waals surface area contributed by atoms with E-state index in [0.717, 1.165) is 19.3 Å². The van der Waals surface area contributed by atoms with Gasteiger partial charge in [0, 0.05) is 30.8 Å². The summed E-state index contributed by atoms with van der Waals surface area (Å²) in [6.45, 7) is -0.0701. The molecule has 0 aromatic heterocycles. The topological polar surface area (TPSA) is 103 Å². The molecule has 1 aliphatic rings. The second kappa shape index (κ2) is 10.4. The van der Waals surface area contributed by atoms with Crippen LogP contribution in [0.1, 0.15) is 25.7 Å². The fourth-order valence-electron chi connectivity index (χ4n) is 2.90. The van der Waals surface area contributed by atoms with E-state index >= 15 is 0 Å². The lowest BCUT2D eigenvalue weighted by atomic mass is 10.2. The van der Waals surface area contributed by atoms with Crippen molar-refractivity contribution in [3.8, 4) is 17.2 Å². The molecule has 9 heteroatoms. The molecule has 1 aliphatic heterocycles. The molecule has 0 atom stereocenters. The SMILES string of the molecule is COc1cc(NC(=O)COC(=O)CN2CCCCCC2=O)cc(OC)c1OC. The summed E-state index contributed by atoms with van der Waals surface area (Å²) < 4.78 is 20.7. The van der Waals surface area contributed by atoms with Crippen molar-refractivity contribution in [2.75, 3.05) is 46.3 Å². The molecular formula is C19H26N2O7. The Bertz CT molecular complexity index is 695. The van der Waals surface area contributed by atoms with Gasteiger partial charge in [-0.25, -0.2) is 0 Å². The Morgan fingerprint density at radius 1 is 1.04 bits per heavy atom. The normalized spacial score (nSPS) is 14.1. The van der Waals surface area contributed by atoms with Crippen LogP contribution in [0.25, 0.3) is 0 Å². The van der Waals surface area contributed by atoms with Crippen molar-refractivity contribution >= 4 is 23.5 Å². The molecule has 0 unspecified atom stereocenters. The largest absolute Gasteiger partial charge is 0.493 e. The van der Waals surface area contributed by atoms with Gasteiger partial charge in [0.1, 0.15) is 6.54 Å². The maximum absolute atomic E-state index is 12.1. The maximum atomic E-state index is 12.1. The summed E-state index contributed by atoms with van der Waals surface area (Å²) in [6.07, 6.45) is 3.10. The number of hydrogen-bond donors (Lipinski definition) is 1. The fraction of sp³-hybridized carbons (Fsp3) is 0.526. The molecular weight excluding hydrogens is 368 g/mol. The number of carbonyl (C=O) groups is 3. The standard InChI is InChI=1S/C19H26N2O7/c1-25-14-9-13(10-15(26-2)19(14)27-3)20-16(22)12-28-18(24)11-21-8-6-4-5-7-17(21)23/h9-10H,4-8,11-12H2,1-3H3,(H,20,22). The Morgan fingerprint density at radius 3 is 2.32 bits per heavy atom. The lowest BCUT2D eigenvalue weighted by Crippen LogP contribution is -2.36. The predicted molar refractivity (Wildman–Crippen MR) is 101 cm³/mol. The highest BCUT2D eigenvalue weighted by atomic mass is 16.5. The van der Waals surface area contributed by atoms with Crippen molar-refractivity contribution in [2.45, 2.75) is 25.7 Å². The minimum absolute atomic E-state index is 0.0590. The third-order valence-corrected chi connectivity index (χ3v) is 4.30. The number of carbonyl (C=O) groups excluding carboxylic acids is 3. The van der Waals surface area contributed by atoms with Crippen molar-refractivity contribution in [1.82, 2.24) is 4.90 Å². The number of anilines is 1. The molecule has 154 valence electrons. The molecule has 28 heavy (non-hydrogen) atoms. The van der Waals surface area contributed by atoms with Crippen molar-refractivity contribution in [2.24, 2.45) is 0 Å². The predicted octanol–water partition coefficient (Wildman–Crippen LogP) is 1.60. The van der Waals surface area contributed by atoms with Gasteiger partial charge in [-0.15, -0.1) is 0 Å². The van der Waals surface area contributed by atoms with Crippen LogP contribution in [-0.2, 0) is 19.1 Å². The Balaban J connectivity index is 1.89. The zero-order valence-electron chi connectivity index (χ0n) is 16.4. The van der Waals surface area contributed by atoms with Crippen LogP contribution >= 0.6 is 0 Å². The number of esters is 1. The first-order chi connectivity index (χ1) is 13.5. The molecule has 2 rings (SSSR count). The Morgan fingerprint density at radius 2 is 1.71 bits per heavy atom. The number of ether oxygens (including phenoxy) is 4. The highest BCUT2D eigenvalue weighted by molar-refractivity contribution is 5.93. The number of amides is 2. The molecule has 1 saturated heterocycles. The molecule has 0 radical (unpaired) electrons. The Labute approximate surface area is 163 Å². The average Bonchev–Trinajstić information content (AvgIpc) is 2.89. The zero-order chi connectivity index (χ0) is 20.5. The molecule has 0 aliphatic carbocycles. The molecule has 1 fully saturated rings. The highest BCUT2D eigenvalue weighted by Gasteiger charge is 2.20. The average molecular weight is 394 g/mol. The quantitative estimate of drug-likeness (QED) is 0.668. The van der Waals surface area contributed by atoms with Gasteiger partial charge in [0.2, 0.25) is 11.7 Å². The van der Waals surface area contributed by atoms with E-state index in [4.69, 9.17) is 18.9 Å². The first-order valence-corrected chi connectivity index (χ1v) is 9.01. The summed E-state index contributed by atoms with van der Waals surface area (Å²) in [5.41, 5.74) is 0.401. The fourth-order valence-corrected chi connectivity index (χ4v) is 2.90. The summed E-state index contributed by atoms with van der Waals surface area (Å²) >= 11 is 0. The van der Waals surface area contributed by atoms with Crippen LogP contribution in [0, 0.1) is 0 Å². The second-order valence-corrected chi connectivity index (χ2v) is 6.25. The maximum Gasteiger partial charge on any atom is 0.326 e. The molecule has 1 aromatic carbocycles. The molecule has 9 nitrogen and oxygen atoms in total. The minimum atomic E-state index is -0.615. The summed E-state index contributed by atoms with van der Waals surface area (Å²) in [5, 5.41) is 2.61. The smallest absolute Gasteiger partial charge is 0.326 e. The van der Waals surface area contributed by atoms with Gasteiger partial charge in [-0.1, -0.05) is 6.42 Å². The number of nitrogens with one attached hydrogen (secondary N) is 1. The van der Waals surface area contributed by atoms with Gasteiger partial charge in [0.15, 0.2) is 18.1 Å². The van der Waals surface area contributed by atoms with Gasteiger partial charge in [0.05, 0.1) is 21.3 Å². The summed E-state index contributed by atoms with van der Waals surface area (Å²) in [4.78, 5) is 37.4. The zero-order valence-corrected chi connectivity index (χ0v) is 16.4. The Hall–Kier alpha value is -2.97. The van der Waals surface area contributed by atoms with Crippen molar-refractivity contribution in [3.05, 3.63) is 12.1 Å². The summed E-state index contributed by atoms with van der Waals surface area (Å²) in [5.74, 6) is -0.0318. The molecule has 1 N–H and O–H groups in total. The molecule has 0 spiro atoms. The van der Waals surface area contributed by atoms with Crippen LogP contribution in [-0.4, -0.2) is 63.7 Å². The van der Waals surface area contributed by atoms with Crippen LogP contribution < -0.4 is 19.5 Å². The number of rotatable bonds is 8. The van der Waals surface area contributed by atoms with Crippen molar-refractivity contribution in [3.63, 3.8) is 0 Å². The number of benzene rings is 1. The third-order valence-electron chi connectivity index (χ3n) is 4.30. The van der Waals surface area contributed by atoms with Crippen LogP contribution in [0.15, 0.2) is 12.1 Å². The van der Waals surface area contributed by atoms with Gasteiger partial charge in [0.25, 0.3) is 5.91 Å². The van der Waals surface area contributed by atoms with E-state index in [0.29, 0.717) is 35.9 Å². The van der Waals surface area contributed by atoms with Crippen LogP contribution in [0.3, 0.4) is 0 Å². The van der Waals surface area contributed by atoms with Gasteiger partial charge >= 0.3 is 5.97 Å². The van der Waals surface area contributed by atoms with E-state index in [1.807, 2.05) is 0 Å². The van der Waals surface area contributed by atoms with E-state index in [1.54, 1.807) is 12.1 Å². The van der Waals surface area contributed by atoms with Gasteiger partial charge in [-0.3, -0.25) is 14.4 Å². The number of methoxy groups -OCH3 is 3. The summed E-state index contributed by atoms with van der Waals surface area (Å²) in [7, 11) is 4.41. The summed E-state index contributed by atoms with van der Waals surface area (Å²) in [6, 6.07) is 3.13. The molecule has 1 aromatic rings. The van der Waals surface area contributed by atoms with Crippen LogP contribution in [0.4, 0.5) is 5.69 Å². The van der Waals surface area contributed by atoms with Gasteiger partial charge in [-0.05, 0) is 12.8 Å². The van der Waals surface area contributed by atoms with E-state index < -0.39 is 18.5 Å². The van der Waals surface area contributed by atoms with Crippen molar-refractivity contribution in [1.29, 1.82) is 0 Å². The van der Waals surface area contributed by atoms with E-state index in [-0.39, 0.29) is 12.5 Å². The van der Waals surface area contributed by atoms with Crippen LogP contribution in [0.2, 0.25) is 0 Å². The molecule has 0 saturated carbocycles. The minimum Gasteiger partial charge on any atom is -0.493 e. The Kier molecular flexibility index (Phi) is 7.91. The lowest BCUT2D eigenvalue weighted by Gasteiger charge is -2.19. The van der Waals surface area contributed by atoms with Gasteiger partial charge < -0.3 is 29.2 Å². The number of nitrogens with zero attached hydrogens (tertiary/aromatic N) is 1. The molecule has 1 heterocycles. The lowest BCUT2D eigenvalue weighted by molar-refractivity contribution is -0.151. The molecule has 0 bridgehead atoms. The number of hydrogen-bond acceptors (Lipinski definition) is 7. The second-order valence-electron chi connectivity index (χ2n) is 6.25. The molecule has 2 amide bonds.